The number of esters is 1. The highest BCUT2D eigenvalue weighted by Crippen LogP contribution is 2.29. The lowest BCUT2D eigenvalue weighted by Gasteiger charge is -2.35. The molecule has 5 nitrogen and oxygen atoms in total. The number of halogens is 1. The molecule has 1 saturated carbocycles. The summed E-state index contributed by atoms with van der Waals surface area (Å²) in [7, 11) is 1.38. The van der Waals surface area contributed by atoms with Gasteiger partial charge >= 0.3 is 5.97 Å². The van der Waals surface area contributed by atoms with Gasteiger partial charge in [-0.05, 0) is 42.9 Å². The molecule has 1 N–H and O–H groups in total. The standard InChI is InChI=1S/C20H28FNO4/c1-12-6-5-7-17(13(12)2)22-20(24)14(3)26-19(23)11-15-8-9-18(25-4)16(21)10-15/h8-10,12-14,17H,5-7,11H2,1-4H3,(H,22,24)/t12-,13+,14-,17+/m1/s1. The third kappa shape index (κ3) is 5.19. The maximum absolute atomic E-state index is 13.7. The van der Waals surface area contributed by atoms with Gasteiger partial charge in [-0.25, -0.2) is 4.39 Å². The summed E-state index contributed by atoms with van der Waals surface area (Å²) in [6, 6.07) is 4.40. The molecule has 1 aliphatic rings. The quantitative estimate of drug-likeness (QED) is 0.786. The molecule has 2 rings (SSSR count). The molecule has 0 heterocycles. The number of carbonyl (C=O) groups is 2. The Morgan fingerprint density at radius 3 is 2.69 bits per heavy atom. The molecule has 1 amide bonds. The van der Waals surface area contributed by atoms with Crippen LogP contribution in [0.4, 0.5) is 4.39 Å². The van der Waals surface area contributed by atoms with E-state index in [9.17, 15) is 14.0 Å². The fourth-order valence-electron chi connectivity index (χ4n) is 3.36. The average molecular weight is 365 g/mol. The van der Waals surface area contributed by atoms with Gasteiger partial charge in [0.15, 0.2) is 17.7 Å². The van der Waals surface area contributed by atoms with E-state index in [1.807, 2.05) is 0 Å². The van der Waals surface area contributed by atoms with Gasteiger partial charge in [0.05, 0.1) is 13.5 Å². The molecule has 6 heteroatoms. The monoisotopic (exact) mass is 365 g/mol. The summed E-state index contributed by atoms with van der Waals surface area (Å²) in [6.45, 7) is 5.89. The van der Waals surface area contributed by atoms with E-state index in [2.05, 4.69) is 19.2 Å². The fourth-order valence-corrected chi connectivity index (χ4v) is 3.36. The molecule has 1 aromatic rings. The minimum atomic E-state index is -0.880. The molecular formula is C20H28FNO4. The fraction of sp³-hybridized carbons (Fsp3) is 0.600. The van der Waals surface area contributed by atoms with Crippen LogP contribution in [0.1, 0.15) is 45.6 Å². The summed E-state index contributed by atoms with van der Waals surface area (Å²) in [5, 5.41) is 3.00. The van der Waals surface area contributed by atoms with Gasteiger partial charge in [0, 0.05) is 6.04 Å². The van der Waals surface area contributed by atoms with Crippen LogP contribution >= 0.6 is 0 Å². The molecule has 0 bridgehead atoms. The molecule has 26 heavy (non-hydrogen) atoms. The highest BCUT2D eigenvalue weighted by Gasteiger charge is 2.30. The highest BCUT2D eigenvalue weighted by molar-refractivity contribution is 5.84. The maximum Gasteiger partial charge on any atom is 0.311 e. The third-order valence-electron chi connectivity index (χ3n) is 5.28. The number of carbonyl (C=O) groups excluding carboxylic acids is 2. The van der Waals surface area contributed by atoms with Crippen LogP contribution in [0.15, 0.2) is 18.2 Å². The largest absolute Gasteiger partial charge is 0.494 e. The second kappa shape index (κ2) is 9.01. The predicted octanol–water partition coefficient (Wildman–Crippen LogP) is 3.25. The van der Waals surface area contributed by atoms with Crippen LogP contribution in [-0.4, -0.2) is 31.1 Å². The number of nitrogens with one attached hydrogen (secondary N) is 1. The molecule has 0 radical (unpaired) electrons. The SMILES string of the molecule is COc1ccc(CC(=O)O[C@H](C)C(=O)N[C@H]2CCC[C@@H](C)[C@@H]2C)cc1F. The van der Waals surface area contributed by atoms with Gasteiger partial charge in [-0.3, -0.25) is 9.59 Å². The van der Waals surface area contributed by atoms with E-state index in [-0.39, 0.29) is 24.1 Å². The van der Waals surface area contributed by atoms with Crippen LogP contribution in [0.2, 0.25) is 0 Å². The van der Waals surface area contributed by atoms with Gasteiger partial charge in [-0.1, -0.05) is 32.8 Å². The molecule has 0 aliphatic heterocycles. The number of hydrogen-bond donors (Lipinski definition) is 1. The Kier molecular flexibility index (Phi) is 7.00. The molecule has 1 fully saturated rings. The first kappa shape index (κ1) is 20.2. The van der Waals surface area contributed by atoms with Crippen molar-refractivity contribution in [2.75, 3.05) is 7.11 Å². The van der Waals surface area contributed by atoms with E-state index in [1.165, 1.54) is 25.7 Å². The second-order valence-corrected chi connectivity index (χ2v) is 7.16. The zero-order chi connectivity index (χ0) is 19.3. The van der Waals surface area contributed by atoms with Crippen LogP contribution in [0.25, 0.3) is 0 Å². The summed E-state index contributed by atoms with van der Waals surface area (Å²) in [5.41, 5.74) is 0.468. The zero-order valence-electron chi connectivity index (χ0n) is 15.9. The Morgan fingerprint density at radius 1 is 1.31 bits per heavy atom. The van der Waals surface area contributed by atoms with Gasteiger partial charge in [-0.15, -0.1) is 0 Å². The van der Waals surface area contributed by atoms with E-state index in [0.29, 0.717) is 17.4 Å². The molecular weight excluding hydrogens is 337 g/mol. The van der Waals surface area contributed by atoms with Gasteiger partial charge in [0.1, 0.15) is 0 Å². The van der Waals surface area contributed by atoms with Crippen LogP contribution in [0.3, 0.4) is 0 Å². The van der Waals surface area contributed by atoms with Crippen molar-refractivity contribution in [1.29, 1.82) is 0 Å². The Bertz CT molecular complexity index is 649. The van der Waals surface area contributed by atoms with Crippen molar-refractivity contribution < 1.29 is 23.5 Å². The highest BCUT2D eigenvalue weighted by atomic mass is 19.1. The van der Waals surface area contributed by atoms with Crippen molar-refractivity contribution in [3.8, 4) is 5.75 Å². The Labute approximate surface area is 154 Å². The van der Waals surface area contributed by atoms with Gasteiger partial charge < -0.3 is 14.8 Å². The predicted molar refractivity (Wildman–Crippen MR) is 96.3 cm³/mol. The molecule has 0 saturated heterocycles. The Balaban J connectivity index is 1.86. The van der Waals surface area contributed by atoms with Crippen LogP contribution in [-0.2, 0) is 20.7 Å². The number of ether oxygens (including phenoxy) is 2. The van der Waals surface area contributed by atoms with Crippen molar-refractivity contribution in [2.45, 2.75) is 58.6 Å². The lowest BCUT2D eigenvalue weighted by molar-refractivity contribution is -0.154. The molecule has 144 valence electrons. The van der Waals surface area contributed by atoms with Crippen molar-refractivity contribution in [3.63, 3.8) is 0 Å². The van der Waals surface area contributed by atoms with E-state index in [0.717, 1.165) is 12.8 Å². The minimum Gasteiger partial charge on any atom is -0.494 e. The molecule has 1 aliphatic carbocycles. The molecule has 0 aromatic heterocycles. The topological polar surface area (TPSA) is 64.6 Å². The smallest absolute Gasteiger partial charge is 0.311 e. The second-order valence-electron chi connectivity index (χ2n) is 7.16. The number of hydrogen-bond acceptors (Lipinski definition) is 4. The average Bonchev–Trinajstić information content (AvgIpc) is 2.59. The number of methoxy groups -OCH3 is 1. The lowest BCUT2D eigenvalue weighted by atomic mass is 9.78. The molecule has 4 atom stereocenters. The summed E-state index contributed by atoms with van der Waals surface area (Å²) in [5.74, 6) is -0.308. The third-order valence-corrected chi connectivity index (χ3v) is 5.28. The van der Waals surface area contributed by atoms with E-state index >= 15 is 0 Å². The first-order valence-electron chi connectivity index (χ1n) is 9.14. The van der Waals surface area contributed by atoms with Crippen LogP contribution in [0, 0.1) is 17.7 Å². The van der Waals surface area contributed by atoms with Crippen LogP contribution in [0.5, 0.6) is 5.75 Å². The van der Waals surface area contributed by atoms with Crippen LogP contribution < -0.4 is 10.1 Å². The van der Waals surface area contributed by atoms with Crippen molar-refractivity contribution in [1.82, 2.24) is 5.32 Å². The zero-order valence-corrected chi connectivity index (χ0v) is 15.9. The molecule has 1 aromatic carbocycles. The molecule has 0 unspecified atom stereocenters. The number of amides is 1. The summed E-state index contributed by atoms with van der Waals surface area (Å²) in [6.07, 6.45) is 2.23. The normalized spacial score (nSPS) is 23.8. The van der Waals surface area contributed by atoms with Gasteiger partial charge in [-0.2, -0.15) is 0 Å². The number of rotatable bonds is 6. The van der Waals surface area contributed by atoms with E-state index in [4.69, 9.17) is 9.47 Å². The van der Waals surface area contributed by atoms with Gasteiger partial charge in [0.2, 0.25) is 0 Å². The van der Waals surface area contributed by atoms with Gasteiger partial charge in [0.25, 0.3) is 5.91 Å². The molecule has 0 spiro atoms. The van der Waals surface area contributed by atoms with E-state index in [1.54, 1.807) is 13.0 Å². The van der Waals surface area contributed by atoms with Crippen molar-refractivity contribution >= 4 is 11.9 Å². The number of benzene rings is 1. The lowest BCUT2D eigenvalue weighted by Crippen LogP contribution is -2.47. The summed E-state index contributed by atoms with van der Waals surface area (Å²) in [4.78, 5) is 24.4. The maximum atomic E-state index is 13.7. The summed E-state index contributed by atoms with van der Waals surface area (Å²) >= 11 is 0. The summed E-state index contributed by atoms with van der Waals surface area (Å²) < 4.78 is 23.7. The van der Waals surface area contributed by atoms with E-state index < -0.39 is 17.9 Å². The first-order chi connectivity index (χ1) is 12.3. The first-order valence-corrected chi connectivity index (χ1v) is 9.14. The van der Waals surface area contributed by atoms with Crippen molar-refractivity contribution in [2.24, 2.45) is 11.8 Å². The minimum absolute atomic E-state index is 0.102. The van der Waals surface area contributed by atoms with Crippen molar-refractivity contribution in [3.05, 3.63) is 29.6 Å². The Morgan fingerprint density at radius 2 is 2.04 bits per heavy atom. The Hall–Kier alpha value is -2.11.